The molecule has 0 bridgehead atoms. The van der Waals surface area contributed by atoms with E-state index in [0.29, 0.717) is 21.1 Å². The molecule has 0 spiro atoms. The quantitative estimate of drug-likeness (QED) is 0.746. The third-order valence-corrected chi connectivity index (χ3v) is 3.50. The predicted octanol–water partition coefficient (Wildman–Crippen LogP) is 3.46. The molecule has 2 aromatic rings. The molecular weight excluding hydrogens is 225 g/mol. The molecule has 0 unspecified atom stereocenters. The standard InChI is InChI=1S/C12H10FNOS/c1-7-11(8(2)15)16-12(14-7)9-4-3-5-10(13)6-9/h3-6H,1-2H3. The summed E-state index contributed by atoms with van der Waals surface area (Å²) in [5.41, 5.74) is 1.41. The fourth-order valence-corrected chi connectivity index (χ4v) is 2.43. The van der Waals surface area contributed by atoms with Crippen molar-refractivity contribution in [3.05, 3.63) is 40.7 Å². The first-order chi connectivity index (χ1) is 7.58. The van der Waals surface area contributed by atoms with E-state index in [-0.39, 0.29) is 11.6 Å². The fraction of sp³-hybridized carbons (Fsp3) is 0.167. The number of Topliss-reactive ketones (excluding diaryl/α,β-unsaturated/α-hetero) is 1. The first kappa shape index (κ1) is 11.0. The van der Waals surface area contributed by atoms with Crippen molar-refractivity contribution in [2.24, 2.45) is 0 Å². The molecule has 1 aromatic heterocycles. The molecule has 2 rings (SSSR count). The monoisotopic (exact) mass is 235 g/mol. The number of hydrogen-bond acceptors (Lipinski definition) is 3. The van der Waals surface area contributed by atoms with Gasteiger partial charge < -0.3 is 0 Å². The van der Waals surface area contributed by atoms with Crippen molar-refractivity contribution in [3.8, 4) is 10.6 Å². The molecule has 0 saturated heterocycles. The largest absolute Gasteiger partial charge is 0.294 e. The van der Waals surface area contributed by atoms with Gasteiger partial charge in [0.2, 0.25) is 0 Å². The number of aromatic nitrogens is 1. The molecule has 1 aromatic carbocycles. The van der Waals surface area contributed by atoms with Crippen LogP contribution < -0.4 is 0 Å². The summed E-state index contributed by atoms with van der Waals surface area (Å²) in [4.78, 5) is 16.2. The number of ketones is 1. The number of hydrogen-bond donors (Lipinski definition) is 0. The molecule has 0 aliphatic heterocycles. The first-order valence-electron chi connectivity index (χ1n) is 4.82. The van der Waals surface area contributed by atoms with Crippen LogP contribution in [0, 0.1) is 12.7 Å². The van der Waals surface area contributed by atoms with Gasteiger partial charge in [0.15, 0.2) is 5.78 Å². The van der Waals surface area contributed by atoms with Crippen LogP contribution in [0.1, 0.15) is 22.3 Å². The molecule has 0 atom stereocenters. The summed E-state index contributed by atoms with van der Waals surface area (Å²) in [5.74, 6) is -0.299. The third kappa shape index (κ3) is 2.02. The van der Waals surface area contributed by atoms with Crippen molar-refractivity contribution in [3.63, 3.8) is 0 Å². The summed E-state index contributed by atoms with van der Waals surface area (Å²) in [6, 6.07) is 6.22. The number of carbonyl (C=O) groups excluding carboxylic acids is 1. The van der Waals surface area contributed by atoms with Gasteiger partial charge in [-0.15, -0.1) is 11.3 Å². The number of carbonyl (C=O) groups is 1. The Hall–Kier alpha value is -1.55. The Morgan fingerprint density at radius 2 is 2.19 bits per heavy atom. The van der Waals surface area contributed by atoms with Crippen LogP contribution >= 0.6 is 11.3 Å². The maximum absolute atomic E-state index is 13.0. The van der Waals surface area contributed by atoms with Gasteiger partial charge in [0, 0.05) is 12.5 Å². The van der Waals surface area contributed by atoms with Gasteiger partial charge in [0.1, 0.15) is 10.8 Å². The number of nitrogens with zero attached hydrogens (tertiary/aromatic N) is 1. The zero-order chi connectivity index (χ0) is 11.7. The second-order valence-electron chi connectivity index (χ2n) is 3.50. The summed E-state index contributed by atoms with van der Waals surface area (Å²) < 4.78 is 13.0. The maximum atomic E-state index is 13.0. The van der Waals surface area contributed by atoms with E-state index in [1.165, 1.54) is 30.4 Å². The molecule has 4 heteroatoms. The second kappa shape index (κ2) is 4.14. The fourth-order valence-electron chi connectivity index (χ4n) is 1.47. The predicted molar refractivity (Wildman–Crippen MR) is 62.2 cm³/mol. The summed E-state index contributed by atoms with van der Waals surface area (Å²) in [5, 5.41) is 0.683. The minimum atomic E-state index is -0.297. The van der Waals surface area contributed by atoms with E-state index >= 15 is 0 Å². The van der Waals surface area contributed by atoms with Gasteiger partial charge in [0.05, 0.1) is 10.6 Å². The summed E-state index contributed by atoms with van der Waals surface area (Å²) in [7, 11) is 0. The van der Waals surface area contributed by atoms with Crippen LogP contribution in [0.2, 0.25) is 0 Å². The van der Waals surface area contributed by atoms with E-state index in [9.17, 15) is 9.18 Å². The van der Waals surface area contributed by atoms with Crippen molar-refractivity contribution < 1.29 is 9.18 Å². The molecule has 0 amide bonds. The summed E-state index contributed by atoms with van der Waals surface area (Å²) in [6.45, 7) is 3.30. The molecular formula is C12H10FNOS. The van der Waals surface area contributed by atoms with E-state index in [1.54, 1.807) is 19.1 Å². The Kier molecular flexibility index (Phi) is 2.83. The minimum Gasteiger partial charge on any atom is -0.294 e. The van der Waals surface area contributed by atoms with Gasteiger partial charge in [-0.25, -0.2) is 9.37 Å². The van der Waals surface area contributed by atoms with Gasteiger partial charge in [-0.1, -0.05) is 12.1 Å². The average Bonchev–Trinajstić information content (AvgIpc) is 2.60. The topological polar surface area (TPSA) is 30.0 Å². The van der Waals surface area contributed by atoms with Crippen LogP contribution in [-0.4, -0.2) is 10.8 Å². The molecule has 16 heavy (non-hydrogen) atoms. The highest BCUT2D eigenvalue weighted by Crippen LogP contribution is 2.28. The Balaban J connectivity index is 2.49. The smallest absolute Gasteiger partial charge is 0.171 e. The zero-order valence-corrected chi connectivity index (χ0v) is 9.77. The highest BCUT2D eigenvalue weighted by atomic mass is 32.1. The molecule has 0 N–H and O–H groups in total. The maximum Gasteiger partial charge on any atom is 0.171 e. The van der Waals surface area contributed by atoms with Crippen LogP contribution in [0.5, 0.6) is 0 Å². The zero-order valence-electron chi connectivity index (χ0n) is 8.95. The number of rotatable bonds is 2. The minimum absolute atomic E-state index is 0.00217. The Labute approximate surface area is 96.8 Å². The van der Waals surface area contributed by atoms with Crippen LogP contribution in [0.15, 0.2) is 24.3 Å². The second-order valence-corrected chi connectivity index (χ2v) is 4.50. The van der Waals surface area contributed by atoms with Gasteiger partial charge >= 0.3 is 0 Å². The lowest BCUT2D eigenvalue weighted by Crippen LogP contribution is -1.89. The number of halogens is 1. The lowest BCUT2D eigenvalue weighted by molar-refractivity contribution is 0.102. The highest BCUT2D eigenvalue weighted by Gasteiger charge is 2.12. The van der Waals surface area contributed by atoms with Crippen molar-refractivity contribution >= 4 is 17.1 Å². The van der Waals surface area contributed by atoms with Crippen molar-refractivity contribution in [2.45, 2.75) is 13.8 Å². The molecule has 0 aliphatic rings. The molecule has 0 aliphatic carbocycles. The van der Waals surface area contributed by atoms with Gasteiger partial charge in [-0.05, 0) is 19.1 Å². The molecule has 0 fully saturated rings. The molecule has 82 valence electrons. The van der Waals surface area contributed by atoms with E-state index < -0.39 is 0 Å². The highest BCUT2D eigenvalue weighted by molar-refractivity contribution is 7.17. The SMILES string of the molecule is CC(=O)c1sc(-c2cccc(F)c2)nc1C. The Morgan fingerprint density at radius 3 is 2.75 bits per heavy atom. The van der Waals surface area contributed by atoms with Crippen LogP contribution in [0.3, 0.4) is 0 Å². The summed E-state index contributed by atoms with van der Waals surface area (Å²) >= 11 is 1.30. The van der Waals surface area contributed by atoms with E-state index in [2.05, 4.69) is 4.98 Å². The van der Waals surface area contributed by atoms with Crippen LogP contribution in [0.4, 0.5) is 4.39 Å². The van der Waals surface area contributed by atoms with Crippen molar-refractivity contribution in [2.75, 3.05) is 0 Å². The average molecular weight is 235 g/mol. The Morgan fingerprint density at radius 1 is 1.44 bits per heavy atom. The molecule has 2 nitrogen and oxygen atoms in total. The normalized spacial score (nSPS) is 10.4. The number of aryl methyl sites for hydroxylation is 1. The van der Waals surface area contributed by atoms with E-state index in [4.69, 9.17) is 0 Å². The van der Waals surface area contributed by atoms with E-state index in [0.717, 1.165) is 0 Å². The Bertz CT molecular complexity index is 548. The van der Waals surface area contributed by atoms with Crippen LogP contribution in [0.25, 0.3) is 10.6 Å². The summed E-state index contributed by atoms with van der Waals surface area (Å²) in [6.07, 6.45) is 0. The lowest BCUT2D eigenvalue weighted by atomic mass is 10.2. The van der Waals surface area contributed by atoms with Gasteiger partial charge in [0.25, 0.3) is 0 Å². The molecule has 1 heterocycles. The van der Waals surface area contributed by atoms with Crippen molar-refractivity contribution in [1.29, 1.82) is 0 Å². The number of thiazole rings is 1. The van der Waals surface area contributed by atoms with Crippen molar-refractivity contribution in [1.82, 2.24) is 4.98 Å². The van der Waals surface area contributed by atoms with Crippen LogP contribution in [-0.2, 0) is 0 Å². The lowest BCUT2D eigenvalue weighted by Gasteiger charge is -1.94. The van der Waals surface area contributed by atoms with Gasteiger partial charge in [-0.3, -0.25) is 4.79 Å². The molecule has 0 saturated carbocycles. The third-order valence-electron chi connectivity index (χ3n) is 2.19. The van der Waals surface area contributed by atoms with E-state index in [1.807, 2.05) is 0 Å². The first-order valence-corrected chi connectivity index (χ1v) is 5.64. The molecule has 0 radical (unpaired) electrons. The van der Waals surface area contributed by atoms with Gasteiger partial charge in [-0.2, -0.15) is 0 Å². The number of benzene rings is 1.